The molecule has 0 aromatic carbocycles. The van der Waals surface area contributed by atoms with Gasteiger partial charge in [0.2, 0.25) is 5.56 Å². The van der Waals surface area contributed by atoms with Crippen molar-refractivity contribution in [3.05, 3.63) is 56.6 Å². The van der Waals surface area contributed by atoms with Crippen LogP contribution in [0.5, 0.6) is 0 Å². The quantitative estimate of drug-likeness (QED) is 0.871. The van der Waals surface area contributed by atoms with Crippen LogP contribution >= 0.6 is 11.3 Å². The molecule has 1 unspecified atom stereocenters. The number of thiophene rings is 1. The Kier molecular flexibility index (Phi) is 3.39. The lowest BCUT2D eigenvalue weighted by atomic mass is 10.2. The first-order valence-electron chi connectivity index (χ1n) is 5.19. The van der Waals surface area contributed by atoms with Gasteiger partial charge in [-0.25, -0.2) is 0 Å². The van der Waals surface area contributed by atoms with E-state index >= 15 is 0 Å². The Bertz CT molecular complexity index is 560. The van der Waals surface area contributed by atoms with Gasteiger partial charge < -0.3 is 10.3 Å². The maximum Gasteiger partial charge on any atom is 0.268 e. The van der Waals surface area contributed by atoms with Gasteiger partial charge in [-0.2, -0.15) is 11.3 Å². The first-order chi connectivity index (χ1) is 8.16. The first-order valence-corrected chi connectivity index (χ1v) is 6.13. The van der Waals surface area contributed by atoms with Gasteiger partial charge in [0.1, 0.15) is 5.69 Å². The van der Waals surface area contributed by atoms with E-state index < -0.39 is 0 Å². The number of hydrogen-bond acceptors (Lipinski definition) is 3. The first kappa shape index (κ1) is 11.6. The third-order valence-corrected chi connectivity index (χ3v) is 3.11. The van der Waals surface area contributed by atoms with Crippen molar-refractivity contribution >= 4 is 17.2 Å². The summed E-state index contributed by atoms with van der Waals surface area (Å²) in [5.41, 5.74) is 1.06. The molecule has 2 heterocycles. The van der Waals surface area contributed by atoms with Crippen molar-refractivity contribution in [1.29, 1.82) is 0 Å². The van der Waals surface area contributed by atoms with Gasteiger partial charge in [-0.3, -0.25) is 9.59 Å². The molecule has 0 aliphatic rings. The summed E-state index contributed by atoms with van der Waals surface area (Å²) in [6.07, 6.45) is 0. The van der Waals surface area contributed by atoms with Crippen LogP contribution in [0.3, 0.4) is 0 Å². The van der Waals surface area contributed by atoms with E-state index in [1.165, 1.54) is 6.07 Å². The smallest absolute Gasteiger partial charge is 0.268 e. The minimum absolute atomic E-state index is 0.0718. The van der Waals surface area contributed by atoms with Crippen molar-refractivity contribution in [3.63, 3.8) is 0 Å². The van der Waals surface area contributed by atoms with Crippen LogP contribution in [0.25, 0.3) is 0 Å². The Morgan fingerprint density at radius 2 is 2.24 bits per heavy atom. The number of hydrogen-bond donors (Lipinski definition) is 2. The number of nitrogens with one attached hydrogen (secondary N) is 2. The lowest BCUT2D eigenvalue weighted by Gasteiger charge is -2.12. The number of carbonyl (C=O) groups excluding carboxylic acids is 1. The van der Waals surface area contributed by atoms with Gasteiger partial charge in [0.15, 0.2) is 0 Å². The van der Waals surface area contributed by atoms with Crippen molar-refractivity contribution in [1.82, 2.24) is 10.3 Å². The predicted molar refractivity (Wildman–Crippen MR) is 67.3 cm³/mol. The molecule has 2 N–H and O–H groups in total. The second-order valence-corrected chi connectivity index (χ2v) is 4.46. The predicted octanol–water partition coefficient (Wildman–Crippen LogP) is 1.93. The fraction of sp³-hybridized carbons (Fsp3) is 0.167. The molecule has 4 nitrogen and oxygen atoms in total. The third kappa shape index (κ3) is 2.82. The molecule has 2 rings (SSSR count). The molecule has 0 saturated carbocycles. The van der Waals surface area contributed by atoms with E-state index in [9.17, 15) is 9.59 Å². The van der Waals surface area contributed by atoms with Crippen LogP contribution in [0.15, 0.2) is 39.8 Å². The fourth-order valence-corrected chi connectivity index (χ4v) is 2.21. The molecular formula is C12H12N2O2S. The highest BCUT2D eigenvalue weighted by atomic mass is 32.1. The summed E-state index contributed by atoms with van der Waals surface area (Å²) in [6.45, 7) is 1.90. The molecule has 2 aromatic heterocycles. The van der Waals surface area contributed by atoms with Crippen LogP contribution in [0.4, 0.5) is 0 Å². The van der Waals surface area contributed by atoms with Crippen LogP contribution in [-0.4, -0.2) is 10.9 Å². The van der Waals surface area contributed by atoms with E-state index in [1.54, 1.807) is 23.5 Å². The van der Waals surface area contributed by atoms with Gasteiger partial charge in [-0.1, -0.05) is 6.07 Å². The van der Waals surface area contributed by atoms with Crippen molar-refractivity contribution in [2.24, 2.45) is 0 Å². The van der Waals surface area contributed by atoms with Crippen molar-refractivity contribution < 1.29 is 4.79 Å². The number of aromatic amines is 1. The molecule has 0 aliphatic carbocycles. The summed E-state index contributed by atoms with van der Waals surface area (Å²) in [4.78, 5) is 25.4. The summed E-state index contributed by atoms with van der Waals surface area (Å²) in [5.74, 6) is -0.276. The summed E-state index contributed by atoms with van der Waals surface area (Å²) < 4.78 is 0. The number of H-pyrrole nitrogens is 1. The van der Waals surface area contributed by atoms with Gasteiger partial charge in [0.25, 0.3) is 5.91 Å². The van der Waals surface area contributed by atoms with E-state index in [0.717, 1.165) is 5.56 Å². The summed E-state index contributed by atoms with van der Waals surface area (Å²) in [7, 11) is 0. The molecule has 88 valence electrons. The second-order valence-electron chi connectivity index (χ2n) is 3.68. The van der Waals surface area contributed by atoms with Crippen molar-refractivity contribution in [2.45, 2.75) is 13.0 Å². The van der Waals surface area contributed by atoms with Crippen molar-refractivity contribution in [3.8, 4) is 0 Å². The zero-order valence-electron chi connectivity index (χ0n) is 9.27. The van der Waals surface area contributed by atoms with Crippen LogP contribution < -0.4 is 10.9 Å². The molecule has 0 saturated heterocycles. The molecule has 1 amide bonds. The van der Waals surface area contributed by atoms with E-state index in [2.05, 4.69) is 10.3 Å². The van der Waals surface area contributed by atoms with E-state index in [1.807, 2.05) is 23.8 Å². The third-order valence-electron chi connectivity index (χ3n) is 2.40. The standard InChI is InChI=1S/C12H12N2O2S/c1-8(9-5-6-17-7-9)13-12(16)10-3-2-4-11(15)14-10/h2-8H,1H3,(H,13,16)(H,14,15). The normalized spacial score (nSPS) is 12.1. The SMILES string of the molecule is CC(NC(=O)c1cccc(=O)[nH]1)c1ccsc1. The maximum atomic E-state index is 11.8. The molecule has 0 spiro atoms. The highest BCUT2D eigenvalue weighted by molar-refractivity contribution is 7.07. The lowest BCUT2D eigenvalue weighted by Crippen LogP contribution is -2.28. The number of aromatic nitrogens is 1. The number of pyridine rings is 1. The van der Waals surface area contributed by atoms with Gasteiger partial charge in [-0.15, -0.1) is 0 Å². The summed E-state index contributed by atoms with van der Waals surface area (Å²) in [5, 5.41) is 6.77. The summed E-state index contributed by atoms with van der Waals surface area (Å²) in [6, 6.07) is 6.40. The minimum atomic E-state index is -0.277. The number of amides is 1. The number of carbonyl (C=O) groups is 1. The summed E-state index contributed by atoms with van der Waals surface area (Å²) >= 11 is 1.58. The van der Waals surface area contributed by atoms with Crippen LogP contribution in [0, 0.1) is 0 Å². The Labute approximate surface area is 102 Å². The zero-order chi connectivity index (χ0) is 12.3. The van der Waals surface area contributed by atoms with Crippen LogP contribution in [0.1, 0.15) is 29.0 Å². The highest BCUT2D eigenvalue weighted by Gasteiger charge is 2.11. The fourth-order valence-electron chi connectivity index (χ4n) is 1.46. The molecule has 0 aliphatic heterocycles. The molecule has 5 heteroatoms. The maximum absolute atomic E-state index is 11.8. The van der Waals surface area contributed by atoms with Gasteiger partial charge in [-0.05, 0) is 35.4 Å². The molecule has 0 bridgehead atoms. The molecule has 17 heavy (non-hydrogen) atoms. The largest absolute Gasteiger partial charge is 0.344 e. The Hall–Kier alpha value is -1.88. The minimum Gasteiger partial charge on any atom is -0.344 e. The van der Waals surface area contributed by atoms with E-state index in [-0.39, 0.29) is 23.2 Å². The van der Waals surface area contributed by atoms with E-state index in [4.69, 9.17) is 0 Å². The van der Waals surface area contributed by atoms with Gasteiger partial charge in [0.05, 0.1) is 6.04 Å². The van der Waals surface area contributed by atoms with Gasteiger partial charge >= 0.3 is 0 Å². The van der Waals surface area contributed by atoms with Crippen LogP contribution in [-0.2, 0) is 0 Å². The molecule has 0 fully saturated rings. The molecule has 1 atom stereocenters. The average molecular weight is 248 g/mol. The topological polar surface area (TPSA) is 62.0 Å². The molecule has 2 aromatic rings. The Balaban J connectivity index is 2.10. The monoisotopic (exact) mass is 248 g/mol. The average Bonchev–Trinajstić information content (AvgIpc) is 2.82. The highest BCUT2D eigenvalue weighted by Crippen LogP contribution is 2.15. The second kappa shape index (κ2) is 4.97. The van der Waals surface area contributed by atoms with Gasteiger partial charge in [0, 0.05) is 6.07 Å². The Morgan fingerprint density at radius 3 is 2.88 bits per heavy atom. The zero-order valence-corrected chi connectivity index (χ0v) is 10.1. The Morgan fingerprint density at radius 1 is 1.41 bits per heavy atom. The lowest BCUT2D eigenvalue weighted by molar-refractivity contribution is 0.0934. The van der Waals surface area contributed by atoms with Crippen LogP contribution in [0.2, 0.25) is 0 Å². The molecule has 0 radical (unpaired) electrons. The molecular weight excluding hydrogens is 236 g/mol. The van der Waals surface area contributed by atoms with E-state index in [0.29, 0.717) is 0 Å². The number of rotatable bonds is 3. The van der Waals surface area contributed by atoms with Crippen molar-refractivity contribution in [2.75, 3.05) is 0 Å².